The predicted molar refractivity (Wildman–Crippen MR) is 75.8 cm³/mol. The van der Waals surface area contributed by atoms with E-state index in [1.54, 1.807) is 0 Å². The van der Waals surface area contributed by atoms with Gasteiger partial charge in [-0.15, -0.1) is 0 Å². The third-order valence-electron chi connectivity index (χ3n) is 2.07. The van der Waals surface area contributed by atoms with Crippen molar-refractivity contribution in [3.8, 4) is 0 Å². The van der Waals surface area contributed by atoms with Crippen LogP contribution in [0.5, 0.6) is 0 Å². The van der Waals surface area contributed by atoms with E-state index in [0.717, 1.165) is 18.2 Å². The Morgan fingerprint density at radius 2 is 1.00 bits per heavy atom. The summed E-state index contributed by atoms with van der Waals surface area (Å²) < 4.78 is 0. The van der Waals surface area contributed by atoms with E-state index in [0.29, 0.717) is 0 Å². The number of ketones is 1. The minimum Gasteiger partial charge on any atom is -0.400 e. The quantitative estimate of drug-likeness (QED) is 0.820. The van der Waals surface area contributed by atoms with Crippen molar-refractivity contribution < 1.29 is 9.90 Å². The number of rotatable bonds is 2. The van der Waals surface area contributed by atoms with Crippen LogP contribution in [0.1, 0.15) is 29.8 Å². The highest BCUT2D eigenvalue weighted by Gasteiger charge is 2.06. The van der Waals surface area contributed by atoms with Gasteiger partial charge in [0.15, 0.2) is 5.78 Å². The van der Waals surface area contributed by atoms with E-state index >= 15 is 0 Å². The molecule has 1 N–H and O–H groups in total. The number of hydrogen-bond donors (Lipinski definition) is 1. The van der Waals surface area contributed by atoms with E-state index < -0.39 is 0 Å². The Hall–Kier alpha value is -1.93. The first-order valence-electron chi connectivity index (χ1n) is 5.97. The molecule has 2 aromatic carbocycles. The van der Waals surface area contributed by atoms with Crippen LogP contribution in [0.3, 0.4) is 0 Å². The Morgan fingerprint density at radius 1 is 0.722 bits per heavy atom. The Morgan fingerprint density at radius 3 is 1.28 bits per heavy atom. The number of carbonyl (C=O) groups is 1. The highest BCUT2D eigenvalue weighted by molar-refractivity contribution is 6.08. The van der Waals surface area contributed by atoms with Crippen LogP contribution < -0.4 is 0 Å². The van der Waals surface area contributed by atoms with Gasteiger partial charge in [-0.2, -0.15) is 0 Å². The lowest BCUT2D eigenvalue weighted by molar-refractivity contribution is 0.103. The molecule has 0 unspecified atom stereocenters. The molecule has 18 heavy (non-hydrogen) atoms. The van der Waals surface area contributed by atoms with Crippen LogP contribution in [0.2, 0.25) is 0 Å². The molecule has 0 amide bonds. The van der Waals surface area contributed by atoms with Crippen LogP contribution in [-0.2, 0) is 0 Å². The molecule has 96 valence electrons. The molecule has 0 atom stereocenters. The van der Waals surface area contributed by atoms with Gasteiger partial charge in [-0.3, -0.25) is 4.79 Å². The summed E-state index contributed by atoms with van der Waals surface area (Å²) in [6, 6.07) is 18.6. The Kier molecular flexibility index (Phi) is 9.14. The number of hydrogen-bond acceptors (Lipinski definition) is 2. The molecular weight excluding hydrogens is 224 g/mol. The zero-order valence-electron chi connectivity index (χ0n) is 11.1. The summed E-state index contributed by atoms with van der Waals surface area (Å²) in [6.07, 6.45) is 0. The second-order valence-corrected chi connectivity index (χ2v) is 3.06. The third-order valence-corrected chi connectivity index (χ3v) is 2.07. The van der Waals surface area contributed by atoms with E-state index in [-0.39, 0.29) is 5.78 Å². The van der Waals surface area contributed by atoms with Crippen LogP contribution in [0.25, 0.3) is 0 Å². The smallest absolute Gasteiger partial charge is 0.193 e. The fraction of sp³-hybridized carbons (Fsp3) is 0.188. The topological polar surface area (TPSA) is 37.3 Å². The monoisotopic (exact) mass is 244 g/mol. The number of benzene rings is 2. The first kappa shape index (κ1) is 16.1. The van der Waals surface area contributed by atoms with Crippen LogP contribution in [0.15, 0.2) is 60.7 Å². The van der Waals surface area contributed by atoms with E-state index in [4.69, 9.17) is 5.11 Å². The second-order valence-electron chi connectivity index (χ2n) is 3.06. The zero-order chi connectivity index (χ0) is 13.8. The standard InChI is InChI=1S/C13H10O.C2H6.CH4O/c14-13(11-7-3-1-4-8-11)12-9-5-2-6-10-12;2*1-2/h1-10H;1-2H3;2H,1H3. The molecule has 0 radical (unpaired) electrons. The van der Waals surface area contributed by atoms with Gasteiger partial charge < -0.3 is 5.11 Å². The van der Waals surface area contributed by atoms with Gasteiger partial charge in [-0.05, 0) is 0 Å². The Balaban J connectivity index is 0.000000659. The molecule has 0 fully saturated rings. The van der Waals surface area contributed by atoms with Crippen molar-refractivity contribution in [3.63, 3.8) is 0 Å². The molecule has 2 nitrogen and oxygen atoms in total. The van der Waals surface area contributed by atoms with Crippen molar-refractivity contribution in [1.82, 2.24) is 0 Å². The molecule has 2 aromatic rings. The van der Waals surface area contributed by atoms with Gasteiger partial charge in [-0.25, -0.2) is 0 Å². The highest BCUT2D eigenvalue weighted by atomic mass is 16.2. The Bertz CT molecular complexity index is 380. The molecule has 0 aliphatic carbocycles. The Labute approximate surface area is 109 Å². The van der Waals surface area contributed by atoms with Crippen molar-refractivity contribution in [2.24, 2.45) is 0 Å². The highest BCUT2D eigenvalue weighted by Crippen LogP contribution is 2.08. The van der Waals surface area contributed by atoms with Gasteiger partial charge >= 0.3 is 0 Å². The zero-order valence-corrected chi connectivity index (χ0v) is 11.1. The maximum atomic E-state index is 11.8. The van der Waals surface area contributed by atoms with Crippen LogP contribution in [-0.4, -0.2) is 18.0 Å². The summed E-state index contributed by atoms with van der Waals surface area (Å²) in [7, 11) is 1.00. The number of aliphatic hydroxyl groups excluding tert-OH is 1. The number of carbonyl (C=O) groups excluding carboxylic acids is 1. The minimum atomic E-state index is 0.0752. The van der Waals surface area contributed by atoms with Crippen molar-refractivity contribution in [1.29, 1.82) is 0 Å². The summed E-state index contributed by atoms with van der Waals surface area (Å²) >= 11 is 0. The molecule has 0 spiro atoms. The van der Waals surface area contributed by atoms with Gasteiger partial charge in [0, 0.05) is 18.2 Å². The average molecular weight is 244 g/mol. The lowest BCUT2D eigenvalue weighted by Gasteiger charge is -1.99. The minimum absolute atomic E-state index is 0.0752. The molecule has 0 saturated carbocycles. The van der Waals surface area contributed by atoms with E-state index in [2.05, 4.69) is 0 Å². The van der Waals surface area contributed by atoms with Crippen LogP contribution in [0, 0.1) is 0 Å². The molecule has 2 heteroatoms. The van der Waals surface area contributed by atoms with Crippen LogP contribution in [0.4, 0.5) is 0 Å². The predicted octanol–water partition coefficient (Wildman–Crippen LogP) is 3.55. The van der Waals surface area contributed by atoms with Gasteiger partial charge in [0.2, 0.25) is 0 Å². The molecule has 2 rings (SSSR count). The first-order chi connectivity index (χ1) is 8.88. The second kappa shape index (κ2) is 10.2. The maximum absolute atomic E-state index is 11.8. The first-order valence-corrected chi connectivity index (χ1v) is 5.97. The molecule has 0 heterocycles. The van der Waals surface area contributed by atoms with Gasteiger partial charge in [0.25, 0.3) is 0 Å². The maximum Gasteiger partial charge on any atom is 0.193 e. The van der Waals surface area contributed by atoms with Crippen molar-refractivity contribution in [2.75, 3.05) is 7.11 Å². The SMILES string of the molecule is CC.CO.O=C(c1ccccc1)c1ccccc1. The van der Waals surface area contributed by atoms with Crippen molar-refractivity contribution in [2.45, 2.75) is 13.8 Å². The molecule has 0 aromatic heterocycles. The van der Waals surface area contributed by atoms with Gasteiger partial charge in [0.05, 0.1) is 0 Å². The van der Waals surface area contributed by atoms with E-state index in [1.165, 1.54) is 0 Å². The molecule has 0 aliphatic rings. The largest absolute Gasteiger partial charge is 0.400 e. The average Bonchev–Trinajstić information content (AvgIpc) is 2.52. The molecule has 0 saturated heterocycles. The summed E-state index contributed by atoms with van der Waals surface area (Å²) in [5, 5.41) is 7.00. The fourth-order valence-electron chi connectivity index (χ4n) is 1.35. The number of aliphatic hydroxyl groups is 1. The van der Waals surface area contributed by atoms with Crippen LogP contribution >= 0.6 is 0 Å². The molecule has 0 aliphatic heterocycles. The normalized spacial score (nSPS) is 8.22. The molecular formula is C16H20O2. The van der Waals surface area contributed by atoms with Gasteiger partial charge in [-0.1, -0.05) is 74.5 Å². The third kappa shape index (κ3) is 4.93. The fourth-order valence-corrected chi connectivity index (χ4v) is 1.35. The summed E-state index contributed by atoms with van der Waals surface area (Å²) in [5.74, 6) is 0.0752. The molecule has 0 bridgehead atoms. The van der Waals surface area contributed by atoms with Gasteiger partial charge in [0.1, 0.15) is 0 Å². The summed E-state index contributed by atoms with van der Waals surface area (Å²) in [6.45, 7) is 4.00. The summed E-state index contributed by atoms with van der Waals surface area (Å²) in [5.41, 5.74) is 1.47. The van der Waals surface area contributed by atoms with Crippen molar-refractivity contribution >= 4 is 5.78 Å². The van der Waals surface area contributed by atoms with E-state index in [1.807, 2.05) is 74.5 Å². The lowest BCUT2D eigenvalue weighted by atomic mass is 10.0. The lowest BCUT2D eigenvalue weighted by Crippen LogP contribution is -1.99. The van der Waals surface area contributed by atoms with E-state index in [9.17, 15) is 4.79 Å². The van der Waals surface area contributed by atoms with Crippen molar-refractivity contribution in [3.05, 3.63) is 71.8 Å². The summed E-state index contributed by atoms with van der Waals surface area (Å²) in [4.78, 5) is 11.8.